The molecule has 0 saturated heterocycles. The Kier molecular flexibility index (Phi) is 7.40. The van der Waals surface area contributed by atoms with E-state index in [1.807, 2.05) is 13.8 Å². The van der Waals surface area contributed by atoms with Crippen molar-refractivity contribution in [2.24, 2.45) is 0 Å². The molecule has 156 valence electrons. The molecular weight excluding hydrogens is 418 g/mol. The zero-order chi connectivity index (χ0) is 19.0. The van der Waals surface area contributed by atoms with E-state index in [1.54, 1.807) is 23.1 Å². The molecule has 3 aromatic rings. The number of nitrogens with one attached hydrogen (secondary N) is 3. The van der Waals surface area contributed by atoms with Crippen LogP contribution in [0.1, 0.15) is 34.4 Å². The molecule has 1 amide bonds. The van der Waals surface area contributed by atoms with Gasteiger partial charge in [0.2, 0.25) is 5.91 Å². The standard InChI is InChI=1S/C19H21FN6O.2ClH/c1-11-15(12(2)26(25-11)14-5-3-13(20)4-6-14)9-22-19(27)18-17-16(7-8-21-18)23-10-24-17;;/h3-6,10,18,21H,7-9H2,1-2H3,(H,22,27)(H,23,24);2*1H. The van der Waals surface area contributed by atoms with Gasteiger partial charge < -0.3 is 15.6 Å². The molecule has 1 aliphatic heterocycles. The summed E-state index contributed by atoms with van der Waals surface area (Å²) in [6.07, 6.45) is 2.46. The molecule has 0 saturated carbocycles. The highest BCUT2D eigenvalue weighted by Crippen LogP contribution is 2.21. The lowest BCUT2D eigenvalue weighted by Crippen LogP contribution is -2.41. The number of aromatic amines is 1. The second-order valence-electron chi connectivity index (χ2n) is 6.66. The molecule has 3 heterocycles. The van der Waals surface area contributed by atoms with Crippen molar-refractivity contribution >= 4 is 30.7 Å². The number of aryl methyl sites for hydroxylation is 1. The maximum Gasteiger partial charge on any atom is 0.243 e. The smallest absolute Gasteiger partial charge is 0.243 e. The van der Waals surface area contributed by atoms with Crippen molar-refractivity contribution < 1.29 is 9.18 Å². The van der Waals surface area contributed by atoms with E-state index in [0.717, 1.165) is 47.0 Å². The van der Waals surface area contributed by atoms with Crippen molar-refractivity contribution in [2.75, 3.05) is 6.54 Å². The van der Waals surface area contributed by atoms with Gasteiger partial charge in [-0.05, 0) is 38.1 Å². The number of fused-ring (bicyclic) bond motifs is 1. The summed E-state index contributed by atoms with van der Waals surface area (Å²) in [5.74, 6) is -0.401. The fourth-order valence-electron chi connectivity index (χ4n) is 3.48. The Morgan fingerprint density at radius 3 is 2.72 bits per heavy atom. The first-order valence-electron chi connectivity index (χ1n) is 8.89. The second-order valence-corrected chi connectivity index (χ2v) is 6.66. The van der Waals surface area contributed by atoms with E-state index in [4.69, 9.17) is 0 Å². The number of amides is 1. The summed E-state index contributed by atoms with van der Waals surface area (Å²) in [7, 11) is 0. The lowest BCUT2D eigenvalue weighted by atomic mass is 10.0. The SMILES string of the molecule is Cc1nn(-c2ccc(F)cc2)c(C)c1CNC(=O)C1NCCc2[nH]cnc21.Cl.Cl. The van der Waals surface area contributed by atoms with E-state index in [1.165, 1.54) is 12.1 Å². The molecule has 1 unspecified atom stereocenters. The Labute approximate surface area is 180 Å². The number of H-pyrrole nitrogens is 1. The Balaban J connectivity index is 0.00000150. The van der Waals surface area contributed by atoms with Crippen LogP contribution >= 0.6 is 24.8 Å². The van der Waals surface area contributed by atoms with E-state index >= 15 is 0 Å². The van der Waals surface area contributed by atoms with Gasteiger partial charge in [-0.15, -0.1) is 24.8 Å². The summed E-state index contributed by atoms with van der Waals surface area (Å²) < 4.78 is 14.9. The van der Waals surface area contributed by atoms with E-state index in [-0.39, 0.29) is 36.5 Å². The van der Waals surface area contributed by atoms with Crippen molar-refractivity contribution in [3.63, 3.8) is 0 Å². The highest BCUT2D eigenvalue weighted by atomic mass is 35.5. The molecule has 0 radical (unpaired) electrons. The Hall–Kier alpha value is -2.42. The fraction of sp³-hybridized carbons (Fsp3) is 0.316. The van der Waals surface area contributed by atoms with E-state index < -0.39 is 6.04 Å². The van der Waals surface area contributed by atoms with Gasteiger partial charge in [-0.2, -0.15) is 5.10 Å². The molecule has 0 spiro atoms. The topological polar surface area (TPSA) is 87.6 Å². The largest absolute Gasteiger partial charge is 0.350 e. The number of hydrogen-bond donors (Lipinski definition) is 3. The van der Waals surface area contributed by atoms with Crippen LogP contribution in [0.2, 0.25) is 0 Å². The summed E-state index contributed by atoms with van der Waals surface area (Å²) in [5.41, 5.74) is 5.24. The van der Waals surface area contributed by atoms with E-state index in [9.17, 15) is 9.18 Å². The minimum Gasteiger partial charge on any atom is -0.350 e. The maximum atomic E-state index is 13.2. The summed E-state index contributed by atoms with van der Waals surface area (Å²) >= 11 is 0. The number of hydrogen-bond acceptors (Lipinski definition) is 4. The molecule has 0 bridgehead atoms. The number of aromatic nitrogens is 4. The van der Waals surface area contributed by atoms with Gasteiger partial charge in [0.1, 0.15) is 11.9 Å². The third-order valence-electron chi connectivity index (χ3n) is 4.96. The number of rotatable bonds is 4. The third kappa shape index (κ3) is 4.44. The molecule has 4 rings (SSSR count). The molecule has 1 aliphatic rings. The average Bonchev–Trinajstić information content (AvgIpc) is 3.25. The molecule has 2 aromatic heterocycles. The second kappa shape index (κ2) is 9.39. The molecule has 0 fully saturated rings. The van der Waals surface area contributed by atoms with Crippen LogP contribution in [0.5, 0.6) is 0 Å². The molecule has 7 nitrogen and oxygen atoms in total. The minimum atomic E-state index is -0.451. The number of imidazole rings is 1. The highest BCUT2D eigenvalue weighted by molar-refractivity contribution is 5.85. The first-order chi connectivity index (χ1) is 13.0. The van der Waals surface area contributed by atoms with Crippen molar-refractivity contribution in [2.45, 2.75) is 32.9 Å². The van der Waals surface area contributed by atoms with Gasteiger partial charge >= 0.3 is 0 Å². The summed E-state index contributed by atoms with van der Waals surface area (Å²) in [5, 5.41) is 10.7. The first-order valence-corrected chi connectivity index (χ1v) is 8.89. The number of nitrogens with zero attached hydrogens (tertiary/aromatic N) is 3. The predicted molar refractivity (Wildman–Crippen MR) is 112 cm³/mol. The monoisotopic (exact) mass is 440 g/mol. The Bertz CT molecular complexity index is 985. The molecule has 3 N–H and O–H groups in total. The Morgan fingerprint density at radius 2 is 2.00 bits per heavy atom. The minimum absolute atomic E-state index is 0. The summed E-state index contributed by atoms with van der Waals surface area (Å²) in [4.78, 5) is 20.0. The first kappa shape index (κ1) is 22.9. The number of carbonyl (C=O) groups is 1. The van der Waals surface area contributed by atoms with Crippen molar-refractivity contribution in [3.05, 3.63) is 64.7 Å². The average molecular weight is 441 g/mol. The van der Waals surface area contributed by atoms with Crippen LogP contribution in [-0.2, 0) is 17.8 Å². The zero-order valence-corrected chi connectivity index (χ0v) is 17.7. The van der Waals surface area contributed by atoms with Gasteiger partial charge in [-0.25, -0.2) is 14.1 Å². The quantitative estimate of drug-likeness (QED) is 0.581. The predicted octanol–water partition coefficient (Wildman–Crippen LogP) is 2.70. The molecule has 1 atom stereocenters. The van der Waals surface area contributed by atoms with Gasteiger partial charge in [-0.3, -0.25) is 4.79 Å². The highest BCUT2D eigenvalue weighted by Gasteiger charge is 2.28. The van der Waals surface area contributed by atoms with E-state index in [0.29, 0.717) is 6.54 Å². The lowest BCUT2D eigenvalue weighted by molar-refractivity contribution is -0.123. The van der Waals surface area contributed by atoms with Crippen LogP contribution in [0.4, 0.5) is 4.39 Å². The molecule has 1 aromatic carbocycles. The van der Waals surface area contributed by atoms with E-state index in [2.05, 4.69) is 25.7 Å². The lowest BCUT2D eigenvalue weighted by Gasteiger charge is -2.22. The number of halogens is 3. The van der Waals surface area contributed by atoms with Gasteiger partial charge in [-0.1, -0.05) is 0 Å². The summed E-state index contributed by atoms with van der Waals surface area (Å²) in [6, 6.07) is 5.73. The van der Waals surface area contributed by atoms with Gasteiger partial charge in [0, 0.05) is 36.5 Å². The third-order valence-corrected chi connectivity index (χ3v) is 4.96. The normalized spacial score (nSPS) is 15.1. The van der Waals surface area contributed by atoms with Crippen LogP contribution in [0.3, 0.4) is 0 Å². The molecule has 29 heavy (non-hydrogen) atoms. The fourth-order valence-corrected chi connectivity index (χ4v) is 3.48. The molecular formula is C19H23Cl2FN6O. The zero-order valence-electron chi connectivity index (χ0n) is 16.0. The van der Waals surface area contributed by atoms with Crippen molar-refractivity contribution in [1.29, 1.82) is 0 Å². The van der Waals surface area contributed by atoms with Crippen LogP contribution in [0.15, 0.2) is 30.6 Å². The van der Waals surface area contributed by atoms with Crippen molar-refractivity contribution in [3.8, 4) is 5.69 Å². The van der Waals surface area contributed by atoms with Crippen LogP contribution in [0, 0.1) is 19.7 Å². The van der Waals surface area contributed by atoms with Crippen LogP contribution < -0.4 is 10.6 Å². The van der Waals surface area contributed by atoms with Crippen molar-refractivity contribution in [1.82, 2.24) is 30.4 Å². The molecule has 10 heteroatoms. The maximum absolute atomic E-state index is 13.2. The summed E-state index contributed by atoms with van der Waals surface area (Å²) in [6.45, 7) is 4.94. The van der Waals surface area contributed by atoms with Crippen LogP contribution in [-0.4, -0.2) is 32.2 Å². The van der Waals surface area contributed by atoms with Gasteiger partial charge in [0.15, 0.2) is 0 Å². The van der Waals surface area contributed by atoms with Gasteiger partial charge in [0.25, 0.3) is 0 Å². The Morgan fingerprint density at radius 1 is 1.28 bits per heavy atom. The number of benzene rings is 1. The van der Waals surface area contributed by atoms with Crippen LogP contribution in [0.25, 0.3) is 5.69 Å². The molecule has 0 aliphatic carbocycles. The number of carbonyl (C=O) groups excluding carboxylic acids is 1. The van der Waals surface area contributed by atoms with Gasteiger partial charge in [0.05, 0.1) is 23.4 Å².